The number of halogens is 1. The maximum atomic E-state index is 5.72. The summed E-state index contributed by atoms with van der Waals surface area (Å²) in [6.07, 6.45) is 0. The van der Waals surface area contributed by atoms with Gasteiger partial charge in [0.1, 0.15) is 0 Å². The Kier molecular flexibility index (Phi) is 2.86. The Balaban J connectivity index is 1.98. The van der Waals surface area contributed by atoms with Crippen LogP contribution in [0.3, 0.4) is 0 Å². The summed E-state index contributed by atoms with van der Waals surface area (Å²) < 4.78 is 10.9. The molecule has 0 spiro atoms. The average molecular weight is 192 g/mol. The molecule has 0 aliphatic carbocycles. The van der Waals surface area contributed by atoms with Gasteiger partial charge in [-0.2, -0.15) is 0 Å². The number of hydrogen-bond donors (Lipinski definition) is 0. The molecule has 3 nitrogen and oxygen atoms in total. The van der Waals surface area contributed by atoms with Crippen LogP contribution in [0.1, 0.15) is 0 Å². The molecule has 0 atom stereocenters. The molecule has 12 heavy (non-hydrogen) atoms. The van der Waals surface area contributed by atoms with Crippen molar-refractivity contribution in [1.29, 1.82) is 0 Å². The molecular formula is C8H14ClNO2. The van der Waals surface area contributed by atoms with E-state index in [1.165, 1.54) is 0 Å². The van der Waals surface area contributed by atoms with Crippen LogP contribution in [0.2, 0.25) is 0 Å². The van der Waals surface area contributed by atoms with Gasteiger partial charge in [-0.05, 0) is 0 Å². The average Bonchev–Trinajstić information content (AvgIpc) is 2.04. The van der Waals surface area contributed by atoms with E-state index in [0.29, 0.717) is 18.0 Å². The van der Waals surface area contributed by atoms with E-state index in [-0.39, 0.29) is 0 Å². The van der Waals surface area contributed by atoms with Crippen molar-refractivity contribution in [3.63, 3.8) is 0 Å². The van der Waals surface area contributed by atoms with E-state index < -0.39 is 0 Å². The summed E-state index contributed by atoms with van der Waals surface area (Å²) in [4.78, 5) is 2.42. The topological polar surface area (TPSA) is 21.7 Å². The second-order valence-electron chi connectivity index (χ2n) is 3.31. The maximum absolute atomic E-state index is 5.72. The lowest BCUT2D eigenvalue weighted by Gasteiger charge is -2.45. The number of fused-ring (bicyclic) bond motifs is 2. The molecule has 0 N–H and O–H groups in total. The number of ether oxygens (including phenoxy) is 2. The van der Waals surface area contributed by atoms with Crippen LogP contribution in [-0.2, 0) is 9.47 Å². The fourth-order valence-corrected chi connectivity index (χ4v) is 2.12. The number of morpholine rings is 2. The lowest BCUT2D eigenvalue weighted by atomic mass is 10.1. The first kappa shape index (κ1) is 8.75. The highest BCUT2D eigenvalue weighted by Crippen LogP contribution is 2.18. The highest BCUT2D eigenvalue weighted by atomic mass is 35.5. The van der Waals surface area contributed by atoms with Crippen LogP contribution in [0.5, 0.6) is 0 Å². The Labute approximate surface area is 77.6 Å². The van der Waals surface area contributed by atoms with Crippen molar-refractivity contribution in [2.75, 3.05) is 38.9 Å². The molecule has 2 bridgehead atoms. The number of nitrogens with zero attached hydrogens (tertiary/aromatic N) is 1. The third-order valence-electron chi connectivity index (χ3n) is 2.52. The zero-order chi connectivity index (χ0) is 8.39. The highest BCUT2D eigenvalue weighted by Gasteiger charge is 2.34. The molecule has 0 aromatic rings. The van der Waals surface area contributed by atoms with Crippen LogP contribution in [0.15, 0.2) is 0 Å². The van der Waals surface area contributed by atoms with Gasteiger partial charge in [0.25, 0.3) is 0 Å². The van der Waals surface area contributed by atoms with E-state index in [2.05, 4.69) is 4.90 Å². The van der Waals surface area contributed by atoms with E-state index in [9.17, 15) is 0 Å². The first-order valence-electron chi connectivity index (χ1n) is 4.39. The lowest BCUT2D eigenvalue weighted by molar-refractivity contribution is -0.135. The van der Waals surface area contributed by atoms with Gasteiger partial charge in [-0.15, -0.1) is 11.6 Å². The van der Waals surface area contributed by atoms with Gasteiger partial charge in [-0.25, -0.2) is 0 Å². The molecule has 70 valence electrons. The van der Waals surface area contributed by atoms with Gasteiger partial charge >= 0.3 is 0 Å². The minimum atomic E-state index is 0.441. The Morgan fingerprint density at radius 2 is 1.58 bits per heavy atom. The van der Waals surface area contributed by atoms with Crippen molar-refractivity contribution < 1.29 is 9.47 Å². The Morgan fingerprint density at radius 1 is 1.08 bits per heavy atom. The molecule has 2 saturated heterocycles. The summed E-state index contributed by atoms with van der Waals surface area (Å²) in [5, 5.41) is 0. The monoisotopic (exact) mass is 191 g/mol. The maximum Gasteiger partial charge on any atom is 0.0645 e. The normalized spacial score (nSPS) is 36.8. The quantitative estimate of drug-likeness (QED) is 0.587. The van der Waals surface area contributed by atoms with E-state index in [4.69, 9.17) is 21.1 Å². The standard InChI is InChI=1S/C8H14ClNO2/c9-1-2-10-7-3-11-5-8(10)6-12-4-7/h7-8H,1-6H2. The van der Waals surface area contributed by atoms with Gasteiger partial charge < -0.3 is 9.47 Å². The molecule has 2 rings (SSSR count). The number of rotatable bonds is 2. The van der Waals surface area contributed by atoms with Gasteiger partial charge in [0.05, 0.1) is 38.5 Å². The zero-order valence-corrected chi connectivity index (χ0v) is 7.79. The molecule has 0 aromatic heterocycles. The van der Waals surface area contributed by atoms with Gasteiger partial charge in [0.15, 0.2) is 0 Å². The third kappa shape index (κ3) is 1.59. The Morgan fingerprint density at radius 3 is 2.00 bits per heavy atom. The van der Waals surface area contributed by atoms with E-state index in [1.54, 1.807) is 0 Å². The van der Waals surface area contributed by atoms with Crippen molar-refractivity contribution in [3.8, 4) is 0 Å². The Hall–Kier alpha value is 0.170. The van der Waals surface area contributed by atoms with Crippen molar-refractivity contribution in [2.24, 2.45) is 0 Å². The van der Waals surface area contributed by atoms with Crippen molar-refractivity contribution in [2.45, 2.75) is 12.1 Å². The molecule has 0 aromatic carbocycles. The van der Waals surface area contributed by atoms with Gasteiger partial charge in [-0.3, -0.25) is 4.90 Å². The molecule has 4 heteroatoms. The first-order chi connectivity index (χ1) is 5.92. The SMILES string of the molecule is ClCCN1C2COCC1COC2. The molecule has 0 amide bonds. The minimum absolute atomic E-state index is 0.441. The van der Waals surface area contributed by atoms with Gasteiger partial charge in [0.2, 0.25) is 0 Å². The molecule has 2 heterocycles. The highest BCUT2D eigenvalue weighted by molar-refractivity contribution is 6.18. The molecule has 2 aliphatic heterocycles. The molecule has 0 saturated carbocycles. The predicted octanol–water partition coefficient (Wildman–Crippen LogP) is 0.325. The molecule has 0 radical (unpaired) electrons. The fourth-order valence-electron chi connectivity index (χ4n) is 1.92. The van der Waals surface area contributed by atoms with Crippen LogP contribution >= 0.6 is 11.6 Å². The smallest absolute Gasteiger partial charge is 0.0645 e. The Bertz CT molecular complexity index is 134. The summed E-state index contributed by atoms with van der Waals surface area (Å²) in [5.74, 6) is 0.701. The number of hydrogen-bond acceptors (Lipinski definition) is 3. The number of alkyl halides is 1. The summed E-state index contributed by atoms with van der Waals surface area (Å²) in [7, 11) is 0. The van der Waals surface area contributed by atoms with Crippen molar-refractivity contribution >= 4 is 11.6 Å². The fraction of sp³-hybridized carbons (Fsp3) is 1.00. The summed E-state index contributed by atoms with van der Waals surface area (Å²) in [6, 6.07) is 0.882. The molecule has 2 fully saturated rings. The summed E-state index contributed by atoms with van der Waals surface area (Å²) in [6.45, 7) is 4.16. The van der Waals surface area contributed by atoms with Gasteiger partial charge in [0, 0.05) is 12.4 Å². The van der Waals surface area contributed by atoms with Crippen LogP contribution < -0.4 is 0 Å². The third-order valence-corrected chi connectivity index (χ3v) is 2.69. The van der Waals surface area contributed by atoms with E-state index >= 15 is 0 Å². The summed E-state index contributed by atoms with van der Waals surface area (Å²) in [5.41, 5.74) is 0. The van der Waals surface area contributed by atoms with Crippen molar-refractivity contribution in [3.05, 3.63) is 0 Å². The molecule has 0 unspecified atom stereocenters. The van der Waals surface area contributed by atoms with Crippen LogP contribution in [0.4, 0.5) is 0 Å². The van der Waals surface area contributed by atoms with Gasteiger partial charge in [-0.1, -0.05) is 0 Å². The molecule has 2 aliphatic rings. The second kappa shape index (κ2) is 3.92. The first-order valence-corrected chi connectivity index (χ1v) is 4.92. The largest absolute Gasteiger partial charge is 0.378 e. The molecular weight excluding hydrogens is 178 g/mol. The predicted molar refractivity (Wildman–Crippen MR) is 46.6 cm³/mol. The zero-order valence-electron chi connectivity index (χ0n) is 7.04. The van der Waals surface area contributed by atoms with E-state index in [1.807, 2.05) is 0 Å². The van der Waals surface area contributed by atoms with E-state index in [0.717, 1.165) is 33.0 Å². The lowest BCUT2D eigenvalue weighted by Crippen LogP contribution is -2.59. The van der Waals surface area contributed by atoms with Crippen molar-refractivity contribution in [1.82, 2.24) is 4.90 Å². The second-order valence-corrected chi connectivity index (χ2v) is 3.69. The van der Waals surface area contributed by atoms with Crippen LogP contribution in [-0.4, -0.2) is 55.8 Å². The van der Waals surface area contributed by atoms with Crippen LogP contribution in [0.25, 0.3) is 0 Å². The summed E-state index contributed by atoms with van der Waals surface area (Å²) >= 11 is 5.72. The van der Waals surface area contributed by atoms with Crippen LogP contribution in [0, 0.1) is 0 Å². The minimum Gasteiger partial charge on any atom is -0.378 e.